The van der Waals surface area contributed by atoms with E-state index in [2.05, 4.69) is 10.1 Å². The minimum absolute atomic E-state index is 0.0519. The Kier molecular flexibility index (Phi) is 2.91. The van der Waals surface area contributed by atoms with Crippen LogP contribution in [0.3, 0.4) is 0 Å². The topological polar surface area (TPSA) is 143 Å². The van der Waals surface area contributed by atoms with Gasteiger partial charge in [0.25, 0.3) is 5.91 Å². The first-order valence-corrected chi connectivity index (χ1v) is 5.32. The van der Waals surface area contributed by atoms with Crippen LogP contribution in [-0.2, 0) is 0 Å². The molecule has 0 saturated heterocycles. The van der Waals surface area contributed by atoms with Gasteiger partial charge in [0.1, 0.15) is 0 Å². The number of aryl methyl sites for hydroxylation is 1. The molecule has 19 heavy (non-hydrogen) atoms. The minimum Gasteiger partial charge on any atom is -0.396 e. The second-order valence-corrected chi connectivity index (χ2v) is 3.96. The molecular weight excluding hydrogens is 248 g/mol. The smallest absolute Gasteiger partial charge is 0.271 e. The number of carbonyl (C=O) groups excluding carboxylic acids is 2. The fourth-order valence-electron chi connectivity index (χ4n) is 1.61. The molecule has 98 valence electrons. The quantitative estimate of drug-likeness (QED) is 0.672. The van der Waals surface area contributed by atoms with Gasteiger partial charge in [-0.05, 0) is 19.1 Å². The van der Waals surface area contributed by atoms with Gasteiger partial charge in [0.15, 0.2) is 11.5 Å². The van der Waals surface area contributed by atoms with Crippen molar-refractivity contribution in [2.24, 2.45) is 11.5 Å². The summed E-state index contributed by atoms with van der Waals surface area (Å²) in [7, 11) is 0. The zero-order valence-corrected chi connectivity index (χ0v) is 10.1. The molecule has 0 radical (unpaired) electrons. The van der Waals surface area contributed by atoms with E-state index in [9.17, 15) is 9.59 Å². The van der Waals surface area contributed by atoms with E-state index in [1.54, 1.807) is 13.0 Å². The number of nitrogens with two attached hydrogens (primary N) is 3. The number of rotatable bonds is 3. The lowest BCUT2D eigenvalue weighted by Gasteiger charge is -2.04. The lowest BCUT2D eigenvalue weighted by atomic mass is 10.2. The van der Waals surface area contributed by atoms with Crippen molar-refractivity contribution < 1.29 is 9.59 Å². The van der Waals surface area contributed by atoms with Crippen molar-refractivity contribution in [1.82, 2.24) is 14.8 Å². The van der Waals surface area contributed by atoms with Gasteiger partial charge >= 0.3 is 0 Å². The van der Waals surface area contributed by atoms with E-state index >= 15 is 0 Å². The van der Waals surface area contributed by atoms with Crippen LogP contribution < -0.4 is 17.2 Å². The largest absolute Gasteiger partial charge is 0.396 e. The highest BCUT2D eigenvalue weighted by atomic mass is 16.1. The number of primary amides is 2. The van der Waals surface area contributed by atoms with Crippen LogP contribution in [-0.4, -0.2) is 26.6 Å². The molecular formula is C11H12N6O2. The van der Waals surface area contributed by atoms with Gasteiger partial charge in [-0.2, -0.15) is 5.10 Å². The Morgan fingerprint density at radius 1 is 1.21 bits per heavy atom. The van der Waals surface area contributed by atoms with Crippen LogP contribution in [0.25, 0.3) is 5.82 Å². The van der Waals surface area contributed by atoms with Gasteiger partial charge in [0.05, 0.1) is 11.9 Å². The highest BCUT2D eigenvalue weighted by Gasteiger charge is 2.14. The van der Waals surface area contributed by atoms with Gasteiger partial charge in [0.2, 0.25) is 5.91 Å². The van der Waals surface area contributed by atoms with Crippen LogP contribution in [0, 0.1) is 6.92 Å². The van der Waals surface area contributed by atoms with Crippen molar-refractivity contribution in [3.8, 4) is 5.82 Å². The van der Waals surface area contributed by atoms with Crippen LogP contribution in [0.2, 0.25) is 0 Å². The number of pyridine rings is 1. The highest BCUT2D eigenvalue weighted by Crippen LogP contribution is 2.14. The van der Waals surface area contributed by atoms with E-state index in [1.165, 1.54) is 16.9 Å². The third kappa shape index (κ3) is 2.37. The summed E-state index contributed by atoms with van der Waals surface area (Å²) < 4.78 is 1.27. The van der Waals surface area contributed by atoms with Crippen LogP contribution in [0.15, 0.2) is 18.3 Å². The molecule has 0 aliphatic heterocycles. The summed E-state index contributed by atoms with van der Waals surface area (Å²) in [4.78, 5) is 26.4. The molecule has 0 bridgehead atoms. The van der Waals surface area contributed by atoms with Crippen molar-refractivity contribution >= 4 is 17.5 Å². The predicted octanol–water partition coefficient (Wildman–Crippen LogP) is -0.644. The number of aromatic nitrogens is 3. The summed E-state index contributed by atoms with van der Waals surface area (Å²) in [6.45, 7) is 1.71. The van der Waals surface area contributed by atoms with Crippen LogP contribution in [0.4, 0.5) is 5.69 Å². The van der Waals surface area contributed by atoms with E-state index in [1.807, 2.05) is 0 Å². The zero-order chi connectivity index (χ0) is 14.2. The van der Waals surface area contributed by atoms with Crippen LogP contribution in [0.1, 0.15) is 26.5 Å². The maximum atomic E-state index is 11.2. The summed E-state index contributed by atoms with van der Waals surface area (Å²) in [5.41, 5.74) is 16.9. The molecule has 2 amide bonds. The van der Waals surface area contributed by atoms with Gasteiger partial charge in [-0.25, -0.2) is 9.67 Å². The monoisotopic (exact) mass is 260 g/mol. The van der Waals surface area contributed by atoms with Crippen molar-refractivity contribution in [2.45, 2.75) is 6.92 Å². The summed E-state index contributed by atoms with van der Waals surface area (Å²) in [6, 6.07) is 3.00. The molecule has 2 heterocycles. The van der Waals surface area contributed by atoms with E-state index in [-0.39, 0.29) is 16.9 Å². The predicted molar refractivity (Wildman–Crippen MR) is 67.5 cm³/mol. The molecule has 8 heteroatoms. The Labute approximate surface area is 108 Å². The van der Waals surface area contributed by atoms with Gasteiger partial charge < -0.3 is 17.2 Å². The minimum atomic E-state index is -0.737. The van der Waals surface area contributed by atoms with Gasteiger partial charge in [0, 0.05) is 11.3 Å². The molecule has 0 aromatic carbocycles. The first-order chi connectivity index (χ1) is 8.88. The molecule has 2 aromatic heterocycles. The molecule has 0 aliphatic carbocycles. The van der Waals surface area contributed by atoms with E-state index in [0.29, 0.717) is 11.5 Å². The normalized spacial score (nSPS) is 10.4. The average molecular weight is 260 g/mol. The van der Waals surface area contributed by atoms with Crippen LogP contribution >= 0.6 is 0 Å². The van der Waals surface area contributed by atoms with E-state index in [0.717, 1.165) is 0 Å². The Morgan fingerprint density at radius 2 is 1.89 bits per heavy atom. The maximum absolute atomic E-state index is 11.2. The van der Waals surface area contributed by atoms with Gasteiger partial charge in [-0.15, -0.1) is 0 Å². The number of anilines is 1. The molecule has 2 aromatic rings. The first kappa shape index (κ1) is 12.6. The SMILES string of the molecule is Cc1cc(C(N)=O)cc(-n2cc(N)c(C(N)=O)n2)n1. The fraction of sp³-hybridized carbons (Fsp3) is 0.0909. The van der Waals surface area contributed by atoms with E-state index in [4.69, 9.17) is 17.2 Å². The van der Waals surface area contributed by atoms with Gasteiger partial charge in [-0.1, -0.05) is 0 Å². The number of nitrogens with zero attached hydrogens (tertiary/aromatic N) is 3. The van der Waals surface area contributed by atoms with E-state index < -0.39 is 11.8 Å². The number of hydrogen-bond acceptors (Lipinski definition) is 5. The third-order valence-corrected chi connectivity index (χ3v) is 2.44. The zero-order valence-electron chi connectivity index (χ0n) is 10.1. The average Bonchev–Trinajstić information content (AvgIpc) is 2.70. The second-order valence-electron chi connectivity index (χ2n) is 3.96. The lowest BCUT2D eigenvalue weighted by molar-refractivity contribution is 0.0989. The summed E-state index contributed by atoms with van der Waals surface area (Å²) in [5, 5.41) is 3.92. The van der Waals surface area contributed by atoms with Crippen molar-refractivity contribution in [1.29, 1.82) is 0 Å². The Balaban J connectivity index is 2.55. The first-order valence-electron chi connectivity index (χ1n) is 5.32. The molecule has 0 unspecified atom stereocenters. The number of amides is 2. The molecule has 0 saturated carbocycles. The fourth-order valence-corrected chi connectivity index (χ4v) is 1.61. The van der Waals surface area contributed by atoms with Gasteiger partial charge in [-0.3, -0.25) is 9.59 Å². The summed E-state index contributed by atoms with van der Waals surface area (Å²) in [5.74, 6) is -0.992. The highest BCUT2D eigenvalue weighted by molar-refractivity contribution is 5.96. The third-order valence-electron chi connectivity index (χ3n) is 2.44. The molecule has 0 atom stereocenters. The maximum Gasteiger partial charge on any atom is 0.271 e. The standard InChI is InChI=1S/C11H12N6O2/c1-5-2-6(10(13)18)3-8(15-5)17-4-7(12)9(16-17)11(14)19/h2-4H,12H2,1H3,(H2,13,18)(H2,14,19). The molecule has 0 fully saturated rings. The summed E-state index contributed by atoms with van der Waals surface area (Å²) in [6.07, 6.45) is 1.40. The Bertz CT molecular complexity index is 676. The molecule has 0 aliphatic rings. The summed E-state index contributed by atoms with van der Waals surface area (Å²) >= 11 is 0. The van der Waals surface area contributed by atoms with Crippen molar-refractivity contribution in [3.05, 3.63) is 35.3 Å². The Morgan fingerprint density at radius 3 is 2.42 bits per heavy atom. The van der Waals surface area contributed by atoms with Crippen LogP contribution in [0.5, 0.6) is 0 Å². The molecule has 0 spiro atoms. The number of nitrogen functional groups attached to an aromatic ring is 1. The lowest BCUT2D eigenvalue weighted by Crippen LogP contribution is -2.15. The van der Waals surface area contributed by atoms with Crippen molar-refractivity contribution in [2.75, 3.05) is 5.73 Å². The number of hydrogen-bond donors (Lipinski definition) is 3. The molecule has 8 nitrogen and oxygen atoms in total. The number of carbonyl (C=O) groups is 2. The Hall–Kier alpha value is -2.90. The molecule has 6 N–H and O–H groups in total. The second kappa shape index (κ2) is 4.41. The van der Waals surface area contributed by atoms with Crippen molar-refractivity contribution in [3.63, 3.8) is 0 Å². The molecule has 2 rings (SSSR count).